The summed E-state index contributed by atoms with van der Waals surface area (Å²) in [6.07, 6.45) is 1.20. The average molecular weight is 341 g/mol. The summed E-state index contributed by atoms with van der Waals surface area (Å²) >= 11 is 3.06. The van der Waals surface area contributed by atoms with Crippen LogP contribution in [0, 0.1) is 11.6 Å². The molecule has 2 nitrogen and oxygen atoms in total. The fourth-order valence-electron chi connectivity index (χ4n) is 2.15. The number of hydrogen-bond donors (Lipinski definition) is 2. The van der Waals surface area contributed by atoms with Crippen molar-refractivity contribution in [3.63, 3.8) is 0 Å². The molecule has 0 aliphatic heterocycles. The van der Waals surface area contributed by atoms with E-state index < -0.39 is 17.7 Å². The van der Waals surface area contributed by atoms with Crippen molar-refractivity contribution in [1.82, 2.24) is 5.43 Å². The third kappa shape index (κ3) is 3.62. The minimum Gasteiger partial charge on any atom is -0.271 e. The second kappa shape index (κ2) is 6.92. The molecule has 1 atom stereocenters. The van der Waals surface area contributed by atoms with Gasteiger partial charge in [0.25, 0.3) is 0 Å². The monoisotopic (exact) mass is 340 g/mol. The Morgan fingerprint density at radius 2 is 1.70 bits per heavy atom. The third-order valence-corrected chi connectivity index (χ3v) is 3.62. The van der Waals surface area contributed by atoms with E-state index in [0.717, 1.165) is 5.56 Å². The van der Waals surface area contributed by atoms with Gasteiger partial charge in [-0.3, -0.25) is 11.3 Å². The lowest BCUT2D eigenvalue weighted by molar-refractivity contribution is 0.453. The lowest BCUT2D eigenvalue weighted by Crippen LogP contribution is -2.30. The molecular weight excluding hydrogens is 326 g/mol. The van der Waals surface area contributed by atoms with Crippen molar-refractivity contribution >= 4 is 15.9 Å². The second-order valence-electron chi connectivity index (χ2n) is 4.53. The van der Waals surface area contributed by atoms with Crippen LogP contribution in [0.2, 0.25) is 0 Å². The Hall–Kier alpha value is -1.30. The van der Waals surface area contributed by atoms with Crippen molar-refractivity contribution in [1.29, 1.82) is 0 Å². The van der Waals surface area contributed by atoms with E-state index >= 15 is 0 Å². The van der Waals surface area contributed by atoms with Crippen LogP contribution >= 0.6 is 15.9 Å². The van der Waals surface area contributed by atoms with Gasteiger partial charge in [-0.15, -0.1) is 0 Å². The predicted octanol–water partition coefficient (Wildman–Crippen LogP) is 3.86. The van der Waals surface area contributed by atoms with Crippen molar-refractivity contribution < 1.29 is 8.78 Å². The minimum atomic E-state index is -0.604. The first-order valence-corrected chi connectivity index (χ1v) is 7.05. The fourth-order valence-corrected chi connectivity index (χ4v) is 2.55. The molecule has 0 saturated carbocycles. The van der Waals surface area contributed by atoms with Gasteiger partial charge in [0, 0.05) is 10.0 Å². The highest BCUT2D eigenvalue weighted by Crippen LogP contribution is 2.27. The zero-order valence-electron chi connectivity index (χ0n) is 10.7. The lowest BCUT2D eigenvalue weighted by Gasteiger charge is -2.18. The molecule has 20 heavy (non-hydrogen) atoms. The summed E-state index contributed by atoms with van der Waals surface area (Å²) in [5, 5.41) is 0. The summed E-state index contributed by atoms with van der Waals surface area (Å²) in [5.74, 6) is 4.24. The Morgan fingerprint density at radius 1 is 1.10 bits per heavy atom. The Morgan fingerprint density at radius 3 is 2.25 bits per heavy atom. The summed E-state index contributed by atoms with van der Waals surface area (Å²) in [6, 6.07) is 11.7. The summed E-state index contributed by atoms with van der Waals surface area (Å²) in [6.45, 7) is 0. The highest BCUT2D eigenvalue weighted by molar-refractivity contribution is 9.10. The van der Waals surface area contributed by atoms with Crippen molar-refractivity contribution in [2.45, 2.75) is 18.9 Å². The molecule has 0 aliphatic carbocycles. The van der Waals surface area contributed by atoms with Crippen LogP contribution in [-0.2, 0) is 6.42 Å². The molecule has 0 saturated heterocycles. The molecule has 5 heteroatoms. The van der Waals surface area contributed by atoms with Gasteiger partial charge < -0.3 is 0 Å². The maximum Gasteiger partial charge on any atom is 0.132 e. The molecule has 0 heterocycles. The standard InChI is InChI=1S/C15H15BrF2N2/c16-11-8-12(17)15(13(18)9-11)14(20-19)7-6-10-4-2-1-3-5-10/h1-5,8-9,14,20H,6-7,19H2. The van der Waals surface area contributed by atoms with E-state index in [2.05, 4.69) is 21.4 Å². The molecule has 0 aliphatic rings. The Labute approximate surface area is 125 Å². The van der Waals surface area contributed by atoms with E-state index in [1.54, 1.807) is 0 Å². The molecule has 2 aromatic carbocycles. The van der Waals surface area contributed by atoms with Crippen LogP contribution in [0.4, 0.5) is 8.78 Å². The number of nitrogens with one attached hydrogen (secondary N) is 1. The number of benzene rings is 2. The van der Waals surface area contributed by atoms with Gasteiger partial charge in [0.2, 0.25) is 0 Å². The summed E-state index contributed by atoms with van der Waals surface area (Å²) < 4.78 is 28.2. The molecule has 0 bridgehead atoms. The molecule has 0 radical (unpaired) electrons. The van der Waals surface area contributed by atoms with E-state index in [1.807, 2.05) is 30.3 Å². The molecule has 1 unspecified atom stereocenters. The second-order valence-corrected chi connectivity index (χ2v) is 5.44. The highest BCUT2D eigenvalue weighted by Gasteiger charge is 2.19. The number of nitrogens with two attached hydrogens (primary N) is 1. The third-order valence-electron chi connectivity index (χ3n) is 3.16. The number of halogens is 3. The Balaban J connectivity index is 2.17. The molecule has 0 aromatic heterocycles. The van der Waals surface area contributed by atoms with Crippen LogP contribution in [0.3, 0.4) is 0 Å². The van der Waals surface area contributed by atoms with Crippen LogP contribution in [0.5, 0.6) is 0 Å². The van der Waals surface area contributed by atoms with Gasteiger partial charge in [-0.05, 0) is 30.5 Å². The summed E-state index contributed by atoms with van der Waals surface area (Å²) in [5.41, 5.74) is 3.58. The van der Waals surface area contributed by atoms with Gasteiger partial charge in [0.05, 0.1) is 6.04 Å². The first-order chi connectivity index (χ1) is 9.61. The predicted molar refractivity (Wildman–Crippen MR) is 78.9 cm³/mol. The van der Waals surface area contributed by atoms with Crippen molar-refractivity contribution in [3.8, 4) is 0 Å². The largest absolute Gasteiger partial charge is 0.271 e. The number of rotatable bonds is 5. The molecule has 0 spiro atoms. The molecule has 106 valence electrons. The smallest absolute Gasteiger partial charge is 0.132 e. The maximum atomic E-state index is 13.9. The van der Waals surface area contributed by atoms with E-state index in [-0.39, 0.29) is 5.56 Å². The molecule has 2 rings (SSSR count). The zero-order chi connectivity index (χ0) is 14.5. The quantitative estimate of drug-likeness (QED) is 0.640. The maximum absolute atomic E-state index is 13.9. The first-order valence-electron chi connectivity index (χ1n) is 6.26. The topological polar surface area (TPSA) is 38.0 Å². The molecule has 0 fully saturated rings. The highest BCUT2D eigenvalue weighted by atomic mass is 79.9. The molecular formula is C15H15BrF2N2. The fraction of sp³-hybridized carbons (Fsp3) is 0.200. The molecule has 3 N–H and O–H groups in total. The molecule has 0 amide bonds. The van der Waals surface area contributed by atoms with Crippen LogP contribution < -0.4 is 11.3 Å². The normalized spacial score (nSPS) is 12.4. The van der Waals surface area contributed by atoms with E-state index in [4.69, 9.17) is 5.84 Å². The van der Waals surface area contributed by atoms with Gasteiger partial charge >= 0.3 is 0 Å². The SMILES string of the molecule is NNC(CCc1ccccc1)c1c(F)cc(Br)cc1F. The van der Waals surface area contributed by atoms with Gasteiger partial charge in [0.15, 0.2) is 0 Å². The van der Waals surface area contributed by atoms with Gasteiger partial charge in [-0.25, -0.2) is 8.78 Å². The van der Waals surface area contributed by atoms with Crippen LogP contribution in [-0.4, -0.2) is 0 Å². The number of aryl methyl sites for hydroxylation is 1. The first kappa shape index (κ1) is 15.1. The van der Waals surface area contributed by atoms with E-state index in [1.165, 1.54) is 12.1 Å². The van der Waals surface area contributed by atoms with Gasteiger partial charge in [-0.2, -0.15) is 0 Å². The zero-order valence-corrected chi connectivity index (χ0v) is 12.3. The Bertz CT molecular complexity index is 552. The van der Waals surface area contributed by atoms with Crippen molar-refractivity contribution in [3.05, 3.63) is 69.7 Å². The van der Waals surface area contributed by atoms with Crippen LogP contribution in [0.15, 0.2) is 46.9 Å². The van der Waals surface area contributed by atoms with Crippen LogP contribution in [0.1, 0.15) is 23.6 Å². The lowest BCUT2D eigenvalue weighted by atomic mass is 9.98. The number of hydrazine groups is 1. The van der Waals surface area contributed by atoms with Gasteiger partial charge in [-0.1, -0.05) is 46.3 Å². The average Bonchev–Trinajstić information content (AvgIpc) is 2.42. The summed E-state index contributed by atoms with van der Waals surface area (Å²) in [7, 11) is 0. The molecule has 2 aromatic rings. The van der Waals surface area contributed by atoms with Crippen LogP contribution in [0.25, 0.3) is 0 Å². The van der Waals surface area contributed by atoms with E-state index in [0.29, 0.717) is 17.3 Å². The summed E-state index contributed by atoms with van der Waals surface area (Å²) in [4.78, 5) is 0. The number of hydrogen-bond acceptors (Lipinski definition) is 2. The van der Waals surface area contributed by atoms with Crippen molar-refractivity contribution in [2.75, 3.05) is 0 Å². The van der Waals surface area contributed by atoms with Crippen molar-refractivity contribution in [2.24, 2.45) is 5.84 Å². The van der Waals surface area contributed by atoms with E-state index in [9.17, 15) is 8.78 Å². The minimum absolute atomic E-state index is 0.0216. The Kier molecular flexibility index (Phi) is 5.23. The van der Waals surface area contributed by atoms with Gasteiger partial charge in [0.1, 0.15) is 11.6 Å².